The first kappa shape index (κ1) is 13.9. The molecule has 0 aromatic heterocycles. The molecule has 0 radical (unpaired) electrons. The van der Waals surface area contributed by atoms with E-state index in [0.717, 1.165) is 27.8 Å². The lowest BCUT2D eigenvalue weighted by atomic mass is 9.96. The van der Waals surface area contributed by atoms with E-state index in [-0.39, 0.29) is 5.82 Å². The Balaban J connectivity index is 2.09. The van der Waals surface area contributed by atoms with E-state index in [1.807, 2.05) is 12.1 Å². The van der Waals surface area contributed by atoms with Gasteiger partial charge in [0.2, 0.25) is 0 Å². The van der Waals surface area contributed by atoms with Gasteiger partial charge in [-0.3, -0.25) is 0 Å². The molecule has 1 heterocycles. The lowest BCUT2D eigenvalue weighted by Gasteiger charge is -2.18. The van der Waals surface area contributed by atoms with Crippen LogP contribution in [-0.2, 0) is 6.42 Å². The normalized spacial score (nSPS) is 14.8. The van der Waals surface area contributed by atoms with Gasteiger partial charge in [0.25, 0.3) is 0 Å². The lowest BCUT2D eigenvalue weighted by Crippen LogP contribution is -2.13. The van der Waals surface area contributed by atoms with Crippen molar-refractivity contribution in [3.05, 3.63) is 62.3 Å². The molecule has 0 amide bonds. The van der Waals surface area contributed by atoms with Crippen LogP contribution in [0.15, 0.2) is 34.8 Å². The average Bonchev–Trinajstić information content (AvgIpc) is 2.85. The van der Waals surface area contributed by atoms with E-state index in [1.165, 1.54) is 12.1 Å². The zero-order valence-electron chi connectivity index (χ0n) is 10.5. The monoisotopic (exact) mass is 355 g/mol. The van der Waals surface area contributed by atoms with Crippen LogP contribution in [0.2, 0.25) is 5.02 Å². The molecule has 20 heavy (non-hydrogen) atoms. The summed E-state index contributed by atoms with van der Waals surface area (Å²) in [6.07, 6.45) is 0.867. The minimum Gasteiger partial charge on any atom is -0.493 e. The summed E-state index contributed by atoms with van der Waals surface area (Å²) in [6.45, 7) is 0.655. The Morgan fingerprint density at radius 3 is 2.80 bits per heavy atom. The topological polar surface area (TPSA) is 35.2 Å². The first-order valence-electron chi connectivity index (χ1n) is 6.22. The summed E-state index contributed by atoms with van der Waals surface area (Å²) in [6, 6.07) is 7.76. The molecule has 1 aliphatic rings. The van der Waals surface area contributed by atoms with Gasteiger partial charge >= 0.3 is 0 Å². The minimum absolute atomic E-state index is 0.323. The Kier molecular flexibility index (Phi) is 3.71. The number of halogens is 3. The fourth-order valence-corrected chi connectivity index (χ4v) is 3.26. The highest BCUT2D eigenvalue weighted by Crippen LogP contribution is 2.39. The second-order valence-electron chi connectivity index (χ2n) is 4.73. The molecule has 0 spiro atoms. The summed E-state index contributed by atoms with van der Waals surface area (Å²) in [5, 5.41) is 0.323. The molecule has 1 atom stereocenters. The zero-order valence-corrected chi connectivity index (χ0v) is 12.8. The summed E-state index contributed by atoms with van der Waals surface area (Å²) >= 11 is 9.58. The maximum Gasteiger partial charge on any atom is 0.127 e. The highest BCUT2D eigenvalue weighted by Gasteiger charge is 2.23. The summed E-state index contributed by atoms with van der Waals surface area (Å²) < 4.78 is 19.8. The second-order valence-corrected chi connectivity index (χ2v) is 6.05. The van der Waals surface area contributed by atoms with Crippen LogP contribution in [0.4, 0.5) is 4.39 Å². The molecule has 0 saturated carbocycles. The van der Waals surface area contributed by atoms with Crippen LogP contribution in [0.25, 0.3) is 0 Å². The Morgan fingerprint density at radius 2 is 2.05 bits per heavy atom. The predicted octanol–water partition coefficient (Wildman–Crippen LogP) is 4.22. The fraction of sp³-hybridized carbons (Fsp3) is 0.200. The van der Waals surface area contributed by atoms with Crippen molar-refractivity contribution in [3.63, 3.8) is 0 Å². The van der Waals surface area contributed by atoms with E-state index in [9.17, 15) is 4.39 Å². The molecule has 5 heteroatoms. The van der Waals surface area contributed by atoms with Gasteiger partial charge in [-0.25, -0.2) is 4.39 Å². The molecular weight excluding hydrogens is 345 g/mol. The number of hydrogen-bond acceptors (Lipinski definition) is 2. The van der Waals surface area contributed by atoms with Crippen molar-refractivity contribution < 1.29 is 9.13 Å². The summed E-state index contributed by atoms with van der Waals surface area (Å²) in [4.78, 5) is 0. The van der Waals surface area contributed by atoms with Gasteiger partial charge in [0.05, 0.1) is 12.6 Å². The standard InChI is InChI=1S/C15H12BrClFNO/c16-9-5-8-3-4-20-15(8)12(6-9)14(19)11-2-1-10(18)7-13(11)17/h1-2,5-7,14H,3-4,19H2. The SMILES string of the molecule is NC(c1ccc(F)cc1Cl)c1cc(Br)cc2c1OCC2. The molecule has 1 aliphatic heterocycles. The summed E-state index contributed by atoms with van der Waals surface area (Å²) in [7, 11) is 0. The number of nitrogens with two attached hydrogens (primary N) is 1. The number of rotatable bonds is 2. The van der Waals surface area contributed by atoms with Crippen molar-refractivity contribution in [3.8, 4) is 5.75 Å². The maximum absolute atomic E-state index is 13.1. The van der Waals surface area contributed by atoms with Crippen LogP contribution in [0.5, 0.6) is 5.75 Å². The average molecular weight is 357 g/mol. The van der Waals surface area contributed by atoms with Crippen LogP contribution in [0.1, 0.15) is 22.7 Å². The van der Waals surface area contributed by atoms with Crippen molar-refractivity contribution in [2.24, 2.45) is 5.73 Å². The third-order valence-corrected chi connectivity index (χ3v) is 4.19. The molecule has 3 rings (SSSR count). The van der Waals surface area contributed by atoms with E-state index in [0.29, 0.717) is 17.2 Å². The van der Waals surface area contributed by atoms with Gasteiger partial charge in [-0.2, -0.15) is 0 Å². The minimum atomic E-state index is -0.451. The van der Waals surface area contributed by atoms with E-state index in [4.69, 9.17) is 22.1 Å². The third-order valence-electron chi connectivity index (χ3n) is 3.41. The number of benzene rings is 2. The van der Waals surface area contributed by atoms with Gasteiger partial charge in [0.1, 0.15) is 11.6 Å². The van der Waals surface area contributed by atoms with E-state index < -0.39 is 6.04 Å². The van der Waals surface area contributed by atoms with E-state index in [1.54, 1.807) is 6.07 Å². The van der Waals surface area contributed by atoms with Gasteiger partial charge in [0.15, 0.2) is 0 Å². The Bertz CT molecular complexity index is 677. The number of hydrogen-bond donors (Lipinski definition) is 1. The van der Waals surface area contributed by atoms with Gasteiger partial charge in [-0.1, -0.05) is 33.6 Å². The second kappa shape index (κ2) is 5.35. The van der Waals surface area contributed by atoms with Gasteiger partial charge < -0.3 is 10.5 Å². The van der Waals surface area contributed by atoms with Crippen molar-refractivity contribution in [1.82, 2.24) is 0 Å². The Morgan fingerprint density at radius 1 is 1.25 bits per heavy atom. The summed E-state index contributed by atoms with van der Waals surface area (Å²) in [5.74, 6) is 0.447. The van der Waals surface area contributed by atoms with Crippen molar-refractivity contribution in [2.75, 3.05) is 6.61 Å². The quantitative estimate of drug-likeness (QED) is 0.874. The smallest absolute Gasteiger partial charge is 0.127 e. The first-order chi connectivity index (χ1) is 9.56. The molecule has 0 bridgehead atoms. The fourth-order valence-electron chi connectivity index (χ4n) is 2.45. The molecule has 0 fully saturated rings. The van der Waals surface area contributed by atoms with Crippen molar-refractivity contribution in [2.45, 2.75) is 12.5 Å². The molecule has 2 aromatic rings. The molecule has 2 nitrogen and oxygen atoms in total. The third kappa shape index (κ3) is 2.43. The van der Waals surface area contributed by atoms with Crippen LogP contribution in [0.3, 0.4) is 0 Å². The first-order valence-corrected chi connectivity index (χ1v) is 7.39. The number of ether oxygens (including phenoxy) is 1. The maximum atomic E-state index is 13.1. The van der Waals surface area contributed by atoms with Gasteiger partial charge in [-0.15, -0.1) is 0 Å². The van der Waals surface area contributed by atoms with Crippen LogP contribution in [0, 0.1) is 5.82 Å². The Hall–Kier alpha value is -1.10. The van der Waals surface area contributed by atoms with Crippen LogP contribution < -0.4 is 10.5 Å². The number of fused-ring (bicyclic) bond motifs is 1. The van der Waals surface area contributed by atoms with Crippen LogP contribution >= 0.6 is 27.5 Å². The van der Waals surface area contributed by atoms with Gasteiger partial charge in [-0.05, 0) is 35.4 Å². The molecule has 2 aromatic carbocycles. The van der Waals surface area contributed by atoms with Crippen molar-refractivity contribution in [1.29, 1.82) is 0 Å². The lowest BCUT2D eigenvalue weighted by molar-refractivity contribution is 0.352. The van der Waals surface area contributed by atoms with Crippen molar-refractivity contribution >= 4 is 27.5 Å². The highest BCUT2D eigenvalue weighted by molar-refractivity contribution is 9.10. The molecule has 0 aliphatic carbocycles. The van der Waals surface area contributed by atoms with E-state index in [2.05, 4.69) is 15.9 Å². The molecule has 2 N–H and O–H groups in total. The molecule has 104 valence electrons. The van der Waals surface area contributed by atoms with Gasteiger partial charge in [0, 0.05) is 21.5 Å². The summed E-state index contributed by atoms with van der Waals surface area (Å²) in [5.41, 5.74) is 8.97. The highest BCUT2D eigenvalue weighted by atomic mass is 79.9. The molecular formula is C15H12BrClFNO. The van der Waals surface area contributed by atoms with E-state index >= 15 is 0 Å². The molecule has 1 unspecified atom stereocenters. The zero-order chi connectivity index (χ0) is 14.3. The van der Waals surface area contributed by atoms with Crippen LogP contribution in [-0.4, -0.2) is 6.61 Å². The predicted molar refractivity (Wildman–Crippen MR) is 80.8 cm³/mol. The Labute approximate surface area is 129 Å². The molecule has 0 saturated heterocycles. The largest absolute Gasteiger partial charge is 0.493 e.